The van der Waals surface area contributed by atoms with Gasteiger partial charge in [0.2, 0.25) is 0 Å². The smallest absolute Gasteiger partial charge is 0.354 e. The van der Waals surface area contributed by atoms with Crippen molar-refractivity contribution < 1.29 is 9.90 Å². The van der Waals surface area contributed by atoms with Gasteiger partial charge in [0.25, 0.3) is 0 Å². The Morgan fingerprint density at radius 2 is 2.32 bits per heavy atom. The Bertz CT molecular complexity index is 476. The SMILES string of the molecule is CN(C)CC1CCCN1c1nc(C(=O)O)ccc1N. The van der Waals surface area contributed by atoms with Crippen LogP contribution in [0, 0.1) is 0 Å². The average molecular weight is 264 g/mol. The number of nitrogen functional groups attached to an aromatic ring is 1. The third-order valence-electron chi connectivity index (χ3n) is 3.35. The first-order valence-electron chi connectivity index (χ1n) is 6.40. The second kappa shape index (κ2) is 5.44. The zero-order valence-electron chi connectivity index (χ0n) is 11.3. The van der Waals surface area contributed by atoms with Crippen molar-refractivity contribution in [3.05, 3.63) is 17.8 Å². The fourth-order valence-corrected chi connectivity index (χ4v) is 2.53. The summed E-state index contributed by atoms with van der Waals surface area (Å²) in [5, 5.41) is 9.02. The minimum Gasteiger partial charge on any atom is -0.477 e. The average Bonchev–Trinajstić information content (AvgIpc) is 2.76. The fraction of sp³-hybridized carbons (Fsp3) is 0.538. The number of hydrogen-bond donors (Lipinski definition) is 2. The van der Waals surface area contributed by atoms with Crippen molar-refractivity contribution in [2.24, 2.45) is 0 Å². The summed E-state index contributed by atoms with van der Waals surface area (Å²) in [4.78, 5) is 19.5. The molecule has 0 aliphatic carbocycles. The van der Waals surface area contributed by atoms with Gasteiger partial charge in [-0.05, 0) is 39.1 Å². The van der Waals surface area contributed by atoms with Gasteiger partial charge in [-0.2, -0.15) is 0 Å². The molecule has 2 rings (SSSR count). The lowest BCUT2D eigenvalue weighted by Gasteiger charge is -2.29. The number of aromatic nitrogens is 1. The summed E-state index contributed by atoms with van der Waals surface area (Å²) >= 11 is 0. The van der Waals surface area contributed by atoms with Gasteiger partial charge < -0.3 is 20.6 Å². The van der Waals surface area contributed by atoms with Gasteiger partial charge in [0, 0.05) is 19.1 Å². The fourth-order valence-electron chi connectivity index (χ4n) is 2.53. The first kappa shape index (κ1) is 13.6. The molecule has 19 heavy (non-hydrogen) atoms. The number of anilines is 2. The standard InChI is InChI=1S/C13H20N4O2/c1-16(2)8-9-4-3-7-17(9)12-10(14)5-6-11(15-12)13(18)19/h5-6,9H,3-4,7-8,14H2,1-2H3,(H,18,19). The normalized spacial score (nSPS) is 19.1. The van der Waals surface area contributed by atoms with Crippen LogP contribution in [0.2, 0.25) is 0 Å². The maximum absolute atomic E-state index is 11.0. The molecule has 2 heterocycles. The molecular formula is C13H20N4O2. The van der Waals surface area contributed by atoms with Crippen molar-refractivity contribution in [3.63, 3.8) is 0 Å². The third kappa shape index (κ3) is 2.96. The Balaban J connectivity index is 2.29. The lowest BCUT2D eigenvalue weighted by Crippen LogP contribution is -2.38. The molecule has 0 bridgehead atoms. The van der Waals surface area contributed by atoms with Gasteiger partial charge in [0.1, 0.15) is 0 Å². The van der Waals surface area contributed by atoms with Crippen molar-refractivity contribution in [2.75, 3.05) is 37.8 Å². The van der Waals surface area contributed by atoms with E-state index in [0.29, 0.717) is 17.5 Å². The van der Waals surface area contributed by atoms with E-state index in [2.05, 4.69) is 14.8 Å². The Labute approximate surface area is 112 Å². The summed E-state index contributed by atoms with van der Waals surface area (Å²) in [6.45, 7) is 1.79. The number of carbonyl (C=O) groups is 1. The molecule has 0 aromatic carbocycles. The highest BCUT2D eigenvalue weighted by molar-refractivity contribution is 5.87. The van der Waals surface area contributed by atoms with Gasteiger partial charge in [0.05, 0.1) is 5.69 Å². The van der Waals surface area contributed by atoms with Crippen molar-refractivity contribution in [1.82, 2.24) is 9.88 Å². The van der Waals surface area contributed by atoms with Crippen LogP contribution >= 0.6 is 0 Å². The molecule has 6 nitrogen and oxygen atoms in total. The summed E-state index contributed by atoms with van der Waals surface area (Å²) in [6.07, 6.45) is 2.16. The van der Waals surface area contributed by atoms with E-state index in [1.165, 1.54) is 6.07 Å². The lowest BCUT2D eigenvalue weighted by atomic mass is 10.2. The number of pyridine rings is 1. The number of aromatic carboxylic acids is 1. The van der Waals surface area contributed by atoms with Crippen molar-refractivity contribution in [3.8, 4) is 0 Å². The van der Waals surface area contributed by atoms with E-state index in [-0.39, 0.29) is 5.69 Å². The Hall–Kier alpha value is -1.82. The van der Waals surface area contributed by atoms with E-state index >= 15 is 0 Å². The van der Waals surface area contributed by atoms with Crippen molar-refractivity contribution >= 4 is 17.5 Å². The Morgan fingerprint density at radius 1 is 1.58 bits per heavy atom. The van der Waals surface area contributed by atoms with E-state index in [4.69, 9.17) is 10.8 Å². The molecule has 1 atom stereocenters. The summed E-state index contributed by atoms with van der Waals surface area (Å²) in [5.74, 6) is -0.422. The van der Waals surface area contributed by atoms with Gasteiger partial charge in [-0.1, -0.05) is 0 Å². The summed E-state index contributed by atoms with van der Waals surface area (Å²) in [6, 6.07) is 3.41. The lowest BCUT2D eigenvalue weighted by molar-refractivity contribution is 0.0690. The quantitative estimate of drug-likeness (QED) is 0.840. The van der Waals surface area contributed by atoms with Crippen LogP contribution in [0.15, 0.2) is 12.1 Å². The molecule has 0 amide bonds. The van der Waals surface area contributed by atoms with E-state index in [0.717, 1.165) is 25.9 Å². The first-order chi connectivity index (χ1) is 8.99. The molecule has 1 aliphatic rings. The monoisotopic (exact) mass is 264 g/mol. The maximum Gasteiger partial charge on any atom is 0.354 e. The number of rotatable bonds is 4. The highest BCUT2D eigenvalue weighted by Gasteiger charge is 2.28. The van der Waals surface area contributed by atoms with Crippen molar-refractivity contribution in [1.29, 1.82) is 0 Å². The Kier molecular flexibility index (Phi) is 3.90. The van der Waals surface area contributed by atoms with E-state index < -0.39 is 5.97 Å². The van der Waals surface area contributed by atoms with Crippen LogP contribution in [0.5, 0.6) is 0 Å². The van der Waals surface area contributed by atoms with Crippen LogP contribution in [0.4, 0.5) is 11.5 Å². The number of carboxylic acid groups (broad SMARTS) is 1. The third-order valence-corrected chi connectivity index (χ3v) is 3.35. The molecule has 1 saturated heterocycles. The molecule has 0 saturated carbocycles. The van der Waals surface area contributed by atoms with Crippen LogP contribution < -0.4 is 10.6 Å². The number of hydrogen-bond acceptors (Lipinski definition) is 5. The number of carboxylic acids is 1. The largest absolute Gasteiger partial charge is 0.477 e. The molecule has 0 radical (unpaired) electrons. The van der Waals surface area contributed by atoms with Crippen LogP contribution in [0.3, 0.4) is 0 Å². The molecule has 104 valence electrons. The van der Waals surface area contributed by atoms with Crippen LogP contribution in [0.25, 0.3) is 0 Å². The molecule has 1 aromatic rings. The van der Waals surface area contributed by atoms with Crippen LogP contribution in [0.1, 0.15) is 23.3 Å². The molecule has 1 aliphatic heterocycles. The van der Waals surface area contributed by atoms with E-state index in [1.54, 1.807) is 6.07 Å². The van der Waals surface area contributed by atoms with Gasteiger partial charge in [0.15, 0.2) is 11.5 Å². The highest BCUT2D eigenvalue weighted by Crippen LogP contribution is 2.29. The van der Waals surface area contributed by atoms with Crippen LogP contribution in [-0.2, 0) is 0 Å². The second-order valence-corrected chi connectivity index (χ2v) is 5.17. The summed E-state index contributed by atoms with van der Waals surface area (Å²) in [5.41, 5.74) is 6.53. The van der Waals surface area contributed by atoms with Gasteiger partial charge >= 0.3 is 5.97 Å². The molecule has 3 N–H and O–H groups in total. The van der Waals surface area contributed by atoms with E-state index in [1.807, 2.05) is 14.1 Å². The van der Waals surface area contributed by atoms with E-state index in [9.17, 15) is 4.79 Å². The predicted octanol–water partition coefficient (Wildman–Crippen LogP) is 0.892. The topological polar surface area (TPSA) is 82.7 Å². The molecule has 6 heteroatoms. The molecule has 1 aromatic heterocycles. The maximum atomic E-state index is 11.0. The molecule has 0 spiro atoms. The number of nitrogens with zero attached hydrogens (tertiary/aromatic N) is 3. The highest BCUT2D eigenvalue weighted by atomic mass is 16.4. The Morgan fingerprint density at radius 3 is 2.95 bits per heavy atom. The van der Waals surface area contributed by atoms with Crippen LogP contribution in [-0.4, -0.2) is 54.2 Å². The minimum atomic E-state index is -1.02. The molecule has 1 fully saturated rings. The zero-order valence-corrected chi connectivity index (χ0v) is 11.3. The zero-order chi connectivity index (χ0) is 14.0. The molecule has 1 unspecified atom stereocenters. The van der Waals surface area contributed by atoms with Gasteiger partial charge in [-0.3, -0.25) is 0 Å². The summed E-state index contributed by atoms with van der Waals surface area (Å²) in [7, 11) is 4.06. The number of nitrogens with two attached hydrogens (primary N) is 1. The minimum absolute atomic E-state index is 0.0414. The number of likely N-dealkylation sites (N-methyl/N-ethyl adjacent to an activating group) is 1. The van der Waals surface area contributed by atoms with Crippen molar-refractivity contribution in [2.45, 2.75) is 18.9 Å². The van der Waals surface area contributed by atoms with Gasteiger partial charge in [-0.25, -0.2) is 9.78 Å². The second-order valence-electron chi connectivity index (χ2n) is 5.17. The first-order valence-corrected chi connectivity index (χ1v) is 6.40. The molecular weight excluding hydrogens is 244 g/mol. The van der Waals surface area contributed by atoms with Gasteiger partial charge in [-0.15, -0.1) is 0 Å². The predicted molar refractivity (Wildman–Crippen MR) is 74.5 cm³/mol. The summed E-state index contributed by atoms with van der Waals surface area (Å²) < 4.78 is 0.